The number of hydrogen-bond donors (Lipinski definition) is 3. The molecule has 14 heteroatoms. The van der Waals surface area contributed by atoms with Gasteiger partial charge < -0.3 is 24.3 Å². The molecule has 3 N–H and O–H groups in total. The van der Waals surface area contributed by atoms with Crippen molar-refractivity contribution in [3.8, 4) is 17.1 Å². The summed E-state index contributed by atoms with van der Waals surface area (Å²) in [5, 5.41) is 13.1. The normalized spacial score (nSPS) is 17.9. The van der Waals surface area contributed by atoms with Crippen LogP contribution in [0.5, 0.6) is 5.88 Å². The van der Waals surface area contributed by atoms with E-state index in [-0.39, 0.29) is 40.4 Å². The first-order chi connectivity index (χ1) is 28.2. The van der Waals surface area contributed by atoms with Gasteiger partial charge in [0.25, 0.3) is 10.0 Å². The van der Waals surface area contributed by atoms with Crippen LogP contribution in [-0.2, 0) is 33.3 Å². The predicted octanol–water partition coefficient (Wildman–Crippen LogP) is 8.02. The van der Waals surface area contributed by atoms with Crippen LogP contribution in [0.2, 0.25) is 0 Å². The molecule has 6 aromatic rings. The number of fused-ring (bicyclic) bond motifs is 1. The predicted molar refractivity (Wildman–Crippen MR) is 223 cm³/mol. The smallest absolute Gasteiger partial charge is 0.335 e. The van der Waals surface area contributed by atoms with Crippen molar-refractivity contribution in [2.45, 2.75) is 82.9 Å². The summed E-state index contributed by atoms with van der Waals surface area (Å²) in [7, 11) is -4.26. The van der Waals surface area contributed by atoms with Gasteiger partial charge in [0, 0.05) is 35.7 Å². The van der Waals surface area contributed by atoms with E-state index in [0.29, 0.717) is 36.7 Å². The fourth-order valence-corrected chi connectivity index (χ4v) is 9.26. The summed E-state index contributed by atoms with van der Waals surface area (Å²) >= 11 is 0. The topological polar surface area (TPSA) is 179 Å². The number of aryl methyl sites for hydroxylation is 2. The Labute approximate surface area is 343 Å². The minimum Gasteiger partial charge on any atom is -0.478 e. The van der Waals surface area contributed by atoms with Crippen LogP contribution in [0.25, 0.3) is 22.5 Å². The van der Waals surface area contributed by atoms with E-state index in [1.165, 1.54) is 37.5 Å². The van der Waals surface area contributed by atoms with E-state index in [2.05, 4.69) is 38.8 Å². The van der Waals surface area contributed by atoms with E-state index in [1.54, 1.807) is 12.3 Å². The number of nitrogens with one attached hydrogen (secondary N) is 2. The van der Waals surface area contributed by atoms with E-state index >= 15 is 0 Å². The molecule has 0 aliphatic heterocycles. The number of hydrogen-bond acceptors (Lipinski definition) is 11. The molecule has 3 aliphatic carbocycles. The van der Waals surface area contributed by atoms with Crippen LogP contribution >= 0.6 is 0 Å². The lowest BCUT2D eigenvalue weighted by Crippen LogP contribution is -2.55. The van der Waals surface area contributed by atoms with E-state index in [9.17, 15) is 18.3 Å². The lowest BCUT2D eigenvalue weighted by Gasteiger charge is -2.63. The molecule has 59 heavy (non-hydrogen) atoms. The van der Waals surface area contributed by atoms with Gasteiger partial charge in [-0.3, -0.25) is 0 Å². The average molecular weight is 817 g/mol. The van der Waals surface area contributed by atoms with E-state index in [1.807, 2.05) is 68.4 Å². The van der Waals surface area contributed by atoms with Gasteiger partial charge >= 0.3 is 5.97 Å². The highest BCUT2D eigenvalue weighted by Gasteiger charge is 2.56. The maximum Gasteiger partial charge on any atom is 0.335 e. The summed E-state index contributed by atoms with van der Waals surface area (Å²) in [5.41, 5.74) is 5.96. The van der Waals surface area contributed by atoms with Crippen molar-refractivity contribution in [3.05, 3.63) is 125 Å². The monoisotopic (exact) mass is 816 g/mol. The molecule has 1 atom stereocenters. The number of nitrogens with zero attached hydrogens (tertiary/aromatic N) is 4. The summed E-state index contributed by atoms with van der Waals surface area (Å²) in [6, 6.07) is 24.6. The van der Waals surface area contributed by atoms with Crippen LogP contribution in [-0.4, -0.2) is 58.7 Å². The summed E-state index contributed by atoms with van der Waals surface area (Å²) in [6.45, 7) is 9.76. The molecule has 0 amide bonds. The largest absolute Gasteiger partial charge is 0.478 e. The Morgan fingerprint density at radius 2 is 1.71 bits per heavy atom. The minimum absolute atomic E-state index is 0.0770. The number of carboxylic acids is 1. The molecule has 13 nitrogen and oxygen atoms in total. The van der Waals surface area contributed by atoms with Crippen LogP contribution in [0, 0.1) is 25.2 Å². The van der Waals surface area contributed by atoms with Crippen LogP contribution in [0.4, 0.5) is 5.95 Å². The first-order valence-electron chi connectivity index (χ1n) is 19.8. The van der Waals surface area contributed by atoms with Gasteiger partial charge in [0.15, 0.2) is 0 Å². The summed E-state index contributed by atoms with van der Waals surface area (Å²) in [4.78, 5) is 30.0. The van der Waals surface area contributed by atoms with Crippen LogP contribution < -0.4 is 14.8 Å². The van der Waals surface area contributed by atoms with Crippen molar-refractivity contribution in [1.29, 1.82) is 0 Å². The molecule has 2 bridgehead atoms. The quantitative estimate of drug-likeness (QED) is 0.0762. The van der Waals surface area contributed by atoms with Crippen molar-refractivity contribution in [2.24, 2.45) is 11.3 Å². The molecule has 3 heterocycles. The molecule has 0 saturated heterocycles. The maximum absolute atomic E-state index is 13.5. The van der Waals surface area contributed by atoms with Crippen LogP contribution in [0.3, 0.4) is 0 Å². The van der Waals surface area contributed by atoms with Crippen LogP contribution in [0.1, 0.15) is 78.0 Å². The Kier molecular flexibility index (Phi) is 11.0. The minimum atomic E-state index is -4.26. The number of carboxylic acid groups (broad SMARTS) is 1. The van der Waals surface area contributed by atoms with Gasteiger partial charge in [0.2, 0.25) is 17.5 Å². The number of aromatic nitrogens is 4. The fourth-order valence-electron chi connectivity index (χ4n) is 8.27. The molecule has 0 radical (unpaired) electrons. The first-order valence-corrected chi connectivity index (χ1v) is 21.3. The number of rotatable bonds is 18. The molecule has 9 rings (SSSR count). The first kappa shape index (κ1) is 40.1. The van der Waals surface area contributed by atoms with Crippen LogP contribution in [0.15, 0.2) is 100 Å². The molecular formula is C45H48N6O7S. The number of sulfonamides is 1. The number of anilines is 1. The number of furan rings is 1. The van der Waals surface area contributed by atoms with E-state index < -0.39 is 21.4 Å². The van der Waals surface area contributed by atoms with Gasteiger partial charge in [0.1, 0.15) is 17.9 Å². The highest BCUT2D eigenvalue weighted by molar-refractivity contribution is 7.92. The maximum atomic E-state index is 13.5. The fraction of sp³-hybridized carbons (Fsp3) is 0.356. The van der Waals surface area contributed by atoms with Gasteiger partial charge in [-0.05, 0) is 85.8 Å². The molecule has 3 aromatic heterocycles. The second-order valence-electron chi connectivity index (χ2n) is 16.7. The molecule has 306 valence electrons. The third-order valence-electron chi connectivity index (χ3n) is 11.4. The summed E-state index contributed by atoms with van der Waals surface area (Å²) in [5.74, 6) is 0.319. The molecule has 3 aliphatic rings. The second kappa shape index (κ2) is 16.2. The van der Waals surface area contributed by atoms with Gasteiger partial charge in [-0.15, -0.1) is 0 Å². The van der Waals surface area contributed by atoms with Crippen molar-refractivity contribution in [2.75, 3.05) is 17.9 Å². The molecule has 0 unspecified atom stereocenters. The van der Waals surface area contributed by atoms with Crippen molar-refractivity contribution < 1.29 is 32.2 Å². The zero-order valence-electron chi connectivity index (χ0n) is 33.6. The Morgan fingerprint density at radius 1 is 0.966 bits per heavy atom. The summed E-state index contributed by atoms with van der Waals surface area (Å²) < 4.78 is 48.1. The Hall–Kier alpha value is -5.70. The van der Waals surface area contributed by atoms with Gasteiger partial charge in [0.05, 0.1) is 41.3 Å². The lowest BCUT2D eigenvalue weighted by molar-refractivity contribution is -0.119. The Bertz CT molecular complexity index is 2580. The third kappa shape index (κ3) is 8.99. The molecule has 3 saturated carbocycles. The van der Waals surface area contributed by atoms with E-state index in [4.69, 9.17) is 18.9 Å². The second-order valence-corrected chi connectivity index (χ2v) is 18.4. The molecule has 3 aromatic carbocycles. The van der Waals surface area contributed by atoms with Crippen molar-refractivity contribution >= 4 is 33.2 Å². The molecule has 0 spiro atoms. The highest BCUT2D eigenvalue weighted by atomic mass is 32.2. The average Bonchev–Trinajstić information content (AvgIpc) is 3.61. The number of benzene rings is 3. The Morgan fingerprint density at radius 3 is 2.42 bits per heavy atom. The Balaban J connectivity index is 0.996. The van der Waals surface area contributed by atoms with E-state index in [0.717, 1.165) is 52.1 Å². The number of ether oxygens (including phenoxy) is 2. The third-order valence-corrected chi connectivity index (χ3v) is 12.8. The summed E-state index contributed by atoms with van der Waals surface area (Å²) in [6.07, 6.45) is 6.25. The zero-order chi connectivity index (χ0) is 41.4. The lowest BCUT2D eigenvalue weighted by atomic mass is 9.43. The van der Waals surface area contributed by atoms with Gasteiger partial charge in [-0.1, -0.05) is 68.4 Å². The zero-order valence-corrected chi connectivity index (χ0v) is 34.4. The SMILES string of the molecule is Cc1cccc(C)c1-c1cc(OC[C@@H](CC23CC(C2)C3)NCc2cnc3oc(C(C)(C)COCc4ccccc4)cc3n2)nc(NS(=O)(=O)c2cccc(C(=O)O)c2)n1. The van der Waals surface area contributed by atoms with Gasteiger partial charge in [-0.2, -0.15) is 4.98 Å². The van der Waals surface area contributed by atoms with Gasteiger partial charge in [-0.25, -0.2) is 32.9 Å². The highest BCUT2D eigenvalue weighted by Crippen LogP contribution is 2.66. The molecular weight excluding hydrogens is 769 g/mol. The van der Waals surface area contributed by atoms with Crippen molar-refractivity contribution in [3.63, 3.8) is 0 Å². The molecule has 3 fully saturated rings. The number of carbonyl (C=O) groups is 1. The number of aromatic carboxylic acids is 1. The standard InChI is InChI=1S/C45H48N6O7S/c1-28-10-8-11-29(2)40(28)36-18-39(50-43(49-36)51-59(54,55)35-15-9-14-32(16-35)42(52)53)57-26-33(22-45-19-31(20-45)21-45)46-23-34-24-47-41-37(48-34)17-38(58-41)44(3,4)27-56-25-30-12-6-5-7-13-30/h5-18,24,31,33,46H,19-23,25-27H2,1-4H3,(H,52,53)(H,49,50,51)/t31?,33-,45?/m1/s1. The van der Waals surface area contributed by atoms with Crippen molar-refractivity contribution in [1.82, 2.24) is 25.3 Å².